The van der Waals surface area contributed by atoms with Crippen molar-refractivity contribution in [1.82, 2.24) is 4.98 Å². The molecule has 0 aliphatic heterocycles. The highest BCUT2D eigenvalue weighted by molar-refractivity contribution is 5.40. The topological polar surface area (TPSA) is 24.9 Å². The molecule has 0 amide bonds. The molecule has 1 rings (SSSR count). The van der Waals surface area contributed by atoms with E-state index in [1.54, 1.807) is 6.07 Å². The number of pyridine rings is 1. The zero-order valence-corrected chi connectivity index (χ0v) is 6.47. The Kier molecular flexibility index (Phi) is 2.83. The molecule has 1 heterocycles. The standard InChI is InChI=1S/C8H11FN2/c1-2-4-10-7-3-5-11-8(9)6-7/h3,5-6H,2,4H2,1H3,(H,10,11). The predicted octanol–water partition coefficient (Wildman–Crippen LogP) is 2.04. The summed E-state index contributed by atoms with van der Waals surface area (Å²) in [6, 6.07) is 3.13. The first-order chi connectivity index (χ1) is 5.33. The Morgan fingerprint density at radius 1 is 1.64 bits per heavy atom. The van der Waals surface area contributed by atoms with E-state index in [0.717, 1.165) is 18.7 Å². The molecule has 0 radical (unpaired) electrons. The molecule has 1 N–H and O–H groups in total. The van der Waals surface area contributed by atoms with E-state index in [0.29, 0.717) is 0 Å². The smallest absolute Gasteiger partial charge is 0.214 e. The van der Waals surface area contributed by atoms with Crippen LogP contribution in [0.1, 0.15) is 13.3 Å². The number of hydrogen-bond donors (Lipinski definition) is 1. The van der Waals surface area contributed by atoms with Gasteiger partial charge in [0.05, 0.1) is 0 Å². The quantitative estimate of drug-likeness (QED) is 0.674. The minimum Gasteiger partial charge on any atom is -0.385 e. The lowest BCUT2D eigenvalue weighted by molar-refractivity contribution is 0.584. The summed E-state index contributed by atoms with van der Waals surface area (Å²) in [6.45, 7) is 2.92. The number of anilines is 1. The van der Waals surface area contributed by atoms with E-state index >= 15 is 0 Å². The lowest BCUT2D eigenvalue weighted by atomic mass is 10.4. The van der Waals surface area contributed by atoms with Crippen molar-refractivity contribution in [3.8, 4) is 0 Å². The highest BCUT2D eigenvalue weighted by Crippen LogP contribution is 2.05. The monoisotopic (exact) mass is 154 g/mol. The van der Waals surface area contributed by atoms with Crippen LogP contribution in [0.5, 0.6) is 0 Å². The summed E-state index contributed by atoms with van der Waals surface area (Å²) < 4.78 is 12.4. The van der Waals surface area contributed by atoms with Gasteiger partial charge in [0, 0.05) is 24.5 Å². The van der Waals surface area contributed by atoms with Crippen molar-refractivity contribution in [1.29, 1.82) is 0 Å². The van der Waals surface area contributed by atoms with Crippen molar-refractivity contribution in [3.05, 3.63) is 24.3 Å². The predicted molar refractivity (Wildman–Crippen MR) is 43.0 cm³/mol. The van der Waals surface area contributed by atoms with Gasteiger partial charge in [-0.15, -0.1) is 0 Å². The van der Waals surface area contributed by atoms with Crippen molar-refractivity contribution in [2.45, 2.75) is 13.3 Å². The first-order valence-corrected chi connectivity index (χ1v) is 3.68. The Balaban J connectivity index is 2.56. The molecule has 0 saturated carbocycles. The summed E-state index contributed by atoms with van der Waals surface area (Å²) in [5, 5.41) is 3.06. The van der Waals surface area contributed by atoms with E-state index < -0.39 is 5.95 Å². The summed E-state index contributed by atoms with van der Waals surface area (Å²) in [5.41, 5.74) is 0.791. The summed E-state index contributed by atoms with van der Waals surface area (Å²) >= 11 is 0. The molecule has 1 aromatic heterocycles. The maximum Gasteiger partial charge on any atom is 0.214 e. The van der Waals surface area contributed by atoms with Crippen molar-refractivity contribution >= 4 is 5.69 Å². The molecule has 0 spiro atoms. The largest absolute Gasteiger partial charge is 0.385 e. The second kappa shape index (κ2) is 3.91. The van der Waals surface area contributed by atoms with E-state index in [1.165, 1.54) is 12.3 Å². The summed E-state index contributed by atoms with van der Waals surface area (Å²) in [6.07, 6.45) is 2.48. The van der Waals surface area contributed by atoms with Gasteiger partial charge in [0.1, 0.15) is 0 Å². The molecule has 0 aliphatic rings. The Hall–Kier alpha value is -1.12. The first-order valence-electron chi connectivity index (χ1n) is 3.68. The zero-order chi connectivity index (χ0) is 8.10. The van der Waals surface area contributed by atoms with E-state index in [2.05, 4.69) is 17.2 Å². The first kappa shape index (κ1) is 7.98. The van der Waals surface area contributed by atoms with Gasteiger partial charge in [-0.3, -0.25) is 0 Å². The van der Waals surface area contributed by atoms with Gasteiger partial charge in [0.15, 0.2) is 0 Å². The lowest BCUT2D eigenvalue weighted by Crippen LogP contribution is -1.99. The van der Waals surface area contributed by atoms with Crippen molar-refractivity contribution in [2.24, 2.45) is 0 Å². The van der Waals surface area contributed by atoms with Gasteiger partial charge in [0.2, 0.25) is 5.95 Å². The lowest BCUT2D eigenvalue weighted by Gasteiger charge is -2.02. The third kappa shape index (κ3) is 2.53. The van der Waals surface area contributed by atoms with Gasteiger partial charge in [-0.05, 0) is 12.5 Å². The van der Waals surface area contributed by atoms with E-state index in [9.17, 15) is 4.39 Å². The minimum atomic E-state index is -0.439. The number of halogens is 1. The highest BCUT2D eigenvalue weighted by Gasteiger charge is 1.92. The van der Waals surface area contributed by atoms with Crippen LogP contribution in [0.4, 0.5) is 10.1 Å². The molecule has 60 valence electrons. The highest BCUT2D eigenvalue weighted by atomic mass is 19.1. The molecular weight excluding hydrogens is 143 g/mol. The van der Waals surface area contributed by atoms with Crippen LogP contribution in [0.25, 0.3) is 0 Å². The van der Waals surface area contributed by atoms with Gasteiger partial charge < -0.3 is 5.32 Å². The fourth-order valence-corrected chi connectivity index (χ4v) is 0.782. The SMILES string of the molecule is CCCNc1ccnc(F)c1. The van der Waals surface area contributed by atoms with Gasteiger partial charge in [-0.2, -0.15) is 4.39 Å². The average Bonchev–Trinajstić information content (AvgIpc) is 2.01. The number of rotatable bonds is 3. The Labute approximate surface area is 65.5 Å². The van der Waals surface area contributed by atoms with Gasteiger partial charge >= 0.3 is 0 Å². The van der Waals surface area contributed by atoms with Crippen molar-refractivity contribution in [3.63, 3.8) is 0 Å². The molecule has 1 aromatic rings. The third-order valence-corrected chi connectivity index (χ3v) is 1.31. The van der Waals surface area contributed by atoms with Gasteiger partial charge in [0.25, 0.3) is 0 Å². The molecule has 0 aliphatic carbocycles. The zero-order valence-electron chi connectivity index (χ0n) is 6.47. The second-order valence-corrected chi connectivity index (χ2v) is 2.29. The summed E-state index contributed by atoms with van der Waals surface area (Å²) in [4.78, 5) is 3.44. The van der Waals surface area contributed by atoms with E-state index in [1.807, 2.05) is 0 Å². The van der Waals surface area contributed by atoms with Crippen molar-refractivity contribution < 1.29 is 4.39 Å². The number of aromatic nitrogens is 1. The van der Waals surface area contributed by atoms with Crippen LogP contribution in [0, 0.1) is 5.95 Å². The summed E-state index contributed by atoms with van der Waals surface area (Å²) in [7, 11) is 0. The number of nitrogens with one attached hydrogen (secondary N) is 1. The van der Waals surface area contributed by atoms with E-state index in [4.69, 9.17) is 0 Å². The normalized spacial score (nSPS) is 9.64. The molecule has 3 heteroatoms. The van der Waals surface area contributed by atoms with Crippen LogP contribution >= 0.6 is 0 Å². The van der Waals surface area contributed by atoms with Crippen LogP contribution in [0.2, 0.25) is 0 Å². The Bertz CT molecular complexity index is 225. The molecule has 0 fully saturated rings. The minimum absolute atomic E-state index is 0.439. The van der Waals surface area contributed by atoms with Crippen LogP contribution < -0.4 is 5.32 Å². The van der Waals surface area contributed by atoms with Crippen LogP contribution in [0.3, 0.4) is 0 Å². The molecule has 11 heavy (non-hydrogen) atoms. The average molecular weight is 154 g/mol. The molecule has 0 unspecified atom stereocenters. The second-order valence-electron chi connectivity index (χ2n) is 2.29. The fraction of sp³-hybridized carbons (Fsp3) is 0.375. The van der Waals surface area contributed by atoms with Crippen molar-refractivity contribution in [2.75, 3.05) is 11.9 Å². The Morgan fingerprint density at radius 2 is 2.45 bits per heavy atom. The van der Waals surface area contributed by atoms with Crippen LogP contribution in [0.15, 0.2) is 18.3 Å². The van der Waals surface area contributed by atoms with Crippen LogP contribution in [-0.2, 0) is 0 Å². The number of nitrogens with zero attached hydrogens (tertiary/aromatic N) is 1. The number of hydrogen-bond acceptors (Lipinski definition) is 2. The Morgan fingerprint density at radius 3 is 3.09 bits per heavy atom. The summed E-state index contributed by atoms with van der Waals surface area (Å²) in [5.74, 6) is -0.439. The maximum atomic E-state index is 12.4. The molecular formula is C8H11FN2. The fourth-order valence-electron chi connectivity index (χ4n) is 0.782. The van der Waals surface area contributed by atoms with E-state index in [-0.39, 0.29) is 0 Å². The molecule has 0 atom stereocenters. The van der Waals surface area contributed by atoms with Gasteiger partial charge in [-0.1, -0.05) is 6.92 Å². The van der Waals surface area contributed by atoms with Gasteiger partial charge in [-0.25, -0.2) is 4.98 Å². The third-order valence-electron chi connectivity index (χ3n) is 1.31. The van der Waals surface area contributed by atoms with Crippen LogP contribution in [-0.4, -0.2) is 11.5 Å². The maximum absolute atomic E-state index is 12.4. The molecule has 0 aromatic carbocycles. The molecule has 2 nitrogen and oxygen atoms in total. The molecule has 0 bridgehead atoms. The molecule has 0 saturated heterocycles.